The van der Waals surface area contributed by atoms with Crippen molar-refractivity contribution in [2.24, 2.45) is 0 Å². The summed E-state index contributed by atoms with van der Waals surface area (Å²) in [6.07, 6.45) is 1.77. The zero-order valence-corrected chi connectivity index (χ0v) is 11.3. The van der Waals surface area contributed by atoms with Gasteiger partial charge in [-0.15, -0.1) is 0 Å². The topological polar surface area (TPSA) is 51.8 Å². The Hall–Kier alpha value is -2.94. The van der Waals surface area contributed by atoms with Gasteiger partial charge in [-0.25, -0.2) is 4.98 Å². The summed E-state index contributed by atoms with van der Waals surface area (Å²) >= 11 is 0. The first-order chi connectivity index (χ1) is 10.3. The molecule has 100 valence electrons. The lowest BCUT2D eigenvalue weighted by molar-refractivity contribution is 1.33. The molecule has 0 saturated carbocycles. The molecule has 21 heavy (non-hydrogen) atoms. The molecule has 3 heteroatoms. The molecule has 4 aromatic rings. The number of benzene rings is 2. The molecule has 0 radical (unpaired) electrons. The first-order valence-electron chi connectivity index (χ1n) is 6.82. The number of pyridine rings is 2. The quantitative estimate of drug-likeness (QED) is 0.568. The van der Waals surface area contributed by atoms with Crippen LogP contribution in [0.3, 0.4) is 0 Å². The van der Waals surface area contributed by atoms with Crippen LogP contribution in [0.4, 0.5) is 5.82 Å². The number of nitrogens with zero attached hydrogens (tertiary/aromatic N) is 2. The van der Waals surface area contributed by atoms with Crippen molar-refractivity contribution in [1.82, 2.24) is 9.97 Å². The molecule has 2 aromatic carbocycles. The third-order valence-corrected chi connectivity index (χ3v) is 3.69. The van der Waals surface area contributed by atoms with E-state index in [0.717, 1.165) is 22.2 Å². The number of rotatable bonds is 1. The standard InChI is InChI=1S/C18H13N3/c19-18-15-9-4-10-20-16(15)11-17(21-18)14-8-3-6-12-5-1-2-7-13(12)14/h1-11H,(H2,19,21). The van der Waals surface area contributed by atoms with E-state index in [1.807, 2.05) is 36.4 Å². The maximum absolute atomic E-state index is 6.09. The van der Waals surface area contributed by atoms with Crippen molar-refractivity contribution in [3.05, 3.63) is 66.9 Å². The molecular weight excluding hydrogens is 258 g/mol. The van der Waals surface area contributed by atoms with Gasteiger partial charge in [0.15, 0.2) is 0 Å². The fourth-order valence-corrected chi connectivity index (χ4v) is 2.69. The van der Waals surface area contributed by atoms with Gasteiger partial charge in [0.2, 0.25) is 0 Å². The van der Waals surface area contributed by atoms with E-state index in [1.54, 1.807) is 6.20 Å². The normalized spacial score (nSPS) is 11.0. The van der Waals surface area contributed by atoms with Crippen LogP contribution in [0.2, 0.25) is 0 Å². The monoisotopic (exact) mass is 271 g/mol. The molecule has 0 atom stereocenters. The molecule has 0 bridgehead atoms. The predicted molar refractivity (Wildman–Crippen MR) is 86.9 cm³/mol. The summed E-state index contributed by atoms with van der Waals surface area (Å²) in [7, 11) is 0. The molecule has 0 aliphatic heterocycles. The van der Waals surface area contributed by atoms with E-state index in [4.69, 9.17) is 5.73 Å². The first kappa shape index (κ1) is 11.9. The van der Waals surface area contributed by atoms with Crippen LogP contribution in [0.25, 0.3) is 32.9 Å². The van der Waals surface area contributed by atoms with Crippen LogP contribution in [0.5, 0.6) is 0 Å². The molecular formula is C18H13N3. The van der Waals surface area contributed by atoms with Gasteiger partial charge >= 0.3 is 0 Å². The van der Waals surface area contributed by atoms with Gasteiger partial charge in [-0.3, -0.25) is 4.98 Å². The molecule has 0 amide bonds. The van der Waals surface area contributed by atoms with E-state index in [1.165, 1.54) is 10.8 Å². The van der Waals surface area contributed by atoms with Gasteiger partial charge in [-0.05, 0) is 29.0 Å². The molecule has 0 aliphatic rings. The molecule has 3 nitrogen and oxygen atoms in total. The predicted octanol–water partition coefficient (Wildman–Crippen LogP) is 4.03. The summed E-state index contributed by atoms with van der Waals surface area (Å²) in [5, 5.41) is 3.25. The van der Waals surface area contributed by atoms with Crippen LogP contribution in [0.1, 0.15) is 0 Å². The van der Waals surface area contributed by atoms with Crippen LogP contribution in [-0.2, 0) is 0 Å². The number of nitrogen functional groups attached to an aromatic ring is 1. The average molecular weight is 271 g/mol. The highest BCUT2D eigenvalue weighted by Gasteiger charge is 2.08. The summed E-state index contributed by atoms with van der Waals surface area (Å²) < 4.78 is 0. The zero-order valence-electron chi connectivity index (χ0n) is 11.3. The second-order valence-corrected chi connectivity index (χ2v) is 4.99. The van der Waals surface area contributed by atoms with Crippen LogP contribution in [-0.4, -0.2) is 9.97 Å². The van der Waals surface area contributed by atoms with Crippen molar-refractivity contribution in [2.45, 2.75) is 0 Å². The highest BCUT2D eigenvalue weighted by atomic mass is 14.9. The summed E-state index contributed by atoms with van der Waals surface area (Å²) in [5.41, 5.74) is 8.89. The Morgan fingerprint density at radius 2 is 1.62 bits per heavy atom. The Bertz CT molecular complexity index is 955. The van der Waals surface area contributed by atoms with Gasteiger partial charge in [0.05, 0.1) is 11.2 Å². The Labute approximate surface area is 122 Å². The number of fused-ring (bicyclic) bond motifs is 2. The van der Waals surface area contributed by atoms with Gasteiger partial charge in [0.25, 0.3) is 0 Å². The van der Waals surface area contributed by atoms with Gasteiger partial charge in [0, 0.05) is 17.1 Å². The van der Waals surface area contributed by atoms with E-state index in [2.05, 4.69) is 34.2 Å². The molecule has 2 N–H and O–H groups in total. The van der Waals surface area contributed by atoms with E-state index >= 15 is 0 Å². The lowest BCUT2D eigenvalue weighted by Gasteiger charge is -2.08. The molecule has 0 aliphatic carbocycles. The Kier molecular flexibility index (Phi) is 2.57. The summed E-state index contributed by atoms with van der Waals surface area (Å²) in [4.78, 5) is 8.95. The Balaban J connectivity index is 2.05. The highest BCUT2D eigenvalue weighted by Crippen LogP contribution is 2.30. The first-order valence-corrected chi connectivity index (χ1v) is 6.82. The fourth-order valence-electron chi connectivity index (χ4n) is 2.69. The fraction of sp³-hybridized carbons (Fsp3) is 0. The van der Waals surface area contributed by atoms with E-state index in [9.17, 15) is 0 Å². The lowest BCUT2D eigenvalue weighted by atomic mass is 10.0. The van der Waals surface area contributed by atoms with Crippen molar-refractivity contribution in [3.8, 4) is 11.3 Å². The Morgan fingerprint density at radius 1 is 0.810 bits per heavy atom. The summed E-state index contributed by atoms with van der Waals surface area (Å²) in [6, 6.07) is 20.3. The van der Waals surface area contributed by atoms with Crippen LogP contribution in [0.15, 0.2) is 66.9 Å². The second kappa shape index (κ2) is 4.56. The number of anilines is 1. The number of nitrogens with two attached hydrogens (primary N) is 1. The minimum atomic E-state index is 0.517. The smallest absolute Gasteiger partial charge is 0.133 e. The van der Waals surface area contributed by atoms with E-state index < -0.39 is 0 Å². The third-order valence-electron chi connectivity index (χ3n) is 3.69. The van der Waals surface area contributed by atoms with Gasteiger partial charge in [0.1, 0.15) is 5.82 Å². The van der Waals surface area contributed by atoms with E-state index in [-0.39, 0.29) is 0 Å². The zero-order chi connectivity index (χ0) is 14.2. The van der Waals surface area contributed by atoms with Crippen molar-refractivity contribution in [1.29, 1.82) is 0 Å². The van der Waals surface area contributed by atoms with Crippen molar-refractivity contribution in [3.63, 3.8) is 0 Å². The summed E-state index contributed by atoms with van der Waals surface area (Å²) in [6.45, 7) is 0. The molecule has 0 unspecified atom stereocenters. The number of aromatic nitrogens is 2. The maximum atomic E-state index is 6.09. The molecule has 0 fully saturated rings. The Morgan fingerprint density at radius 3 is 2.57 bits per heavy atom. The minimum Gasteiger partial charge on any atom is -0.383 e. The number of hydrogen-bond donors (Lipinski definition) is 1. The number of hydrogen-bond acceptors (Lipinski definition) is 3. The minimum absolute atomic E-state index is 0.517. The molecule has 0 saturated heterocycles. The van der Waals surface area contributed by atoms with Crippen molar-refractivity contribution >= 4 is 27.5 Å². The largest absolute Gasteiger partial charge is 0.383 e. The lowest BCUT2D eigenvalue weighted by Crippen LogP contribution is -1.95. The van der Waals surface area contributed by atoms with Gasteiger partial charge in [-0.2, -0.15) is 0 Å². The van der Waals surface area contributed by atoms with Crippen LogP contribution < -0.4 is 5.73 Å². The highest BCUT2D eigenvalue weighted by molar-refractivity contribution is 5.98. The SMILES string of the molecule is Nc1nc(-c2cccc3ccccc23)cc2ncccc12. The average Bonchev–Trinajstić information content (AvgIpc) is 2.54. The molecule has 0 spiro atoms. The van der Waals surface area contributed by atoms with Crippen molar-refractivity contribution in [2.75, 3.05) is 5.73 Å². The molecule has 4 rings (SSSR count). The van der Waals surface area contributed by atoms with Crippen LogP contribution in [0, 0.1) is 0 Å². The summed E-state index contributed by atoms with van der Waals surface area (Å²) in [5.74, 6) is 0.517. The molecule has 2 heterocycles. The van der Waals surface area contributed by atoms with Crippen molar-refractivity contribution < 1.29 is 0 Å². The third kappa shape index (κ3) is 1.91. The van der Waals surface area contributed by atoms with Crippen LogP contribution >= 0.6 is 0 Å². The van der Waals surface area contributed by atoms with Gasteiger partial charge in [-0.1, -0.05) is 42.5 Å². The molecule has 2 aromatic heterocycles. The van der Waals surface area contributed by atoms with E-state index in [0.29, 0.717) is 5.82 Å². The second-order valence-electron chi connectivity index (χ2n) is 4.99. The van der Waals surface area contributed by atoms with Gasteiger partial charge < -0.3 is 5.73 Å². The maximum Gasteiger partial charge on any atom is 0.133 e.